The molecule has 4 aliphatic heterocycles. The molecule has 1 saturated carbocycles. The molecule has 6 rings (SSSR count). The Morgan fingerprint density at radius 3 is 3.00 bits per heavy atom. The summed E-state index contributed by atoms with van der Waals surface area (Å²) in [6.07, 6.45) is 10.1. The van der Waals surface area contributed by atoms with Crippen LogP contribution in [0.5, 0.6) is 0 Å². The van der Waals surface area contributed by atoms with E-state index in [9.17, 15) is 9.59 Å². The zero-order valence-electron chi connectivity index (χ0n) is 14.6. The molecule has 25 heavy (non-hydrogen) atoms. The Bertz CT molecular complexity index is 821. The van der Waals surface area contributed by atoms with E-state index in [2.05, 4.69) is 17.9 Å². The number of rotatable bonds is 1. The van der Waals surface area contributed by atoms with Crippen molar-refractivity contribution in [3.63, 3.8) is 0 Å². The third kappa shape index (κ3) is 1.56. The van der Waals surface area contributed by atoms with Gasteiger partial charge < -0.3 is 4.74 Å². The number of aliphatic imine (C=N–C) groups is 1. The normalized spacial score (nSPS) is 45.0. The van der Waals surface area contributed by atoms with Gasteiger partial charge in [0.15, 0.2) is 5.78 Å². The summed E-state index contributed by atoms with van der Waals surface area (Å²) in [5, 5.41) is 0. The molecule has 4 heterocycles. The van der Waals surface area contributed by atoms with Gasteiger partial charge in [0.2, 0.25) is 0 Å². The molecule has 5 atom stereocenters. The van der Waals surface area contributed by atoms with Crippen LogP contribution < -0.4 is 0 Å². The number of ketones is 1. The number of carbonyl (C=O) groups is 2. The number of hydrogen-bond donors (Lipinski definition) is 0. The lowest BCUT2D eigenvalue weighted by Crippen LogP contribution is -2.57. The first-order chi connectivity index (χ1) is 12.1. The van der Waals surface area contributed by atoms with Gasteiger partial charge in [-0.3, -0.25) is 19.5 Å². The van der Waals surface area contributed by atoms with Crippen LogP contribution in [0.3, 0.4) is 0 Å². The van der Waals surface area contributed by atoms with Crippen molar-refractivity contribution in [1.82, 2.24) is 4.90 Å². The van der Waals surface area contributed by atoms with Crippen LogP contribution in [0, 0.1) is 17.3 Å². The Morgan fingerprint density at radius 2 is 2.24 bits per heavy atom. The second-order valence-corrected chi connectivity index (χ2v) is 7.76. The van der Waals surface area contributed by atoms with Crippen LogP contribution in [0.4, 0.5) is 0 Å². The number of nitrogens with zero attached hydrogens (tertiary/aromatic N) is 2. The van der Waals surface area contributed by atoms with Crippen molar-refractivity contribution in [1.29, 1.82) is 0 Å². The average Bonchev–Trinajstić information content (AvgIpc) is 2.99. The van der Waals surface area contributed by atoms with E-state index in [1.54, 1.807) is 12.2 Å². The second kappa shape index (κ2) is 4.79. The molecule has 0 aromatic heterocycles. The summed E-state index contributed by atoms with van der Waals surface area (Å²) in [7, 11) is 1.48. The number of carbonyl (C=O) groups excluding carboxylic acids is 2. The smallest absolute Gasteiger partial charge is 0.310 e. The predicted octanol–water partition coefficient (Wildman–Crippen LogP) is 2.05. The fraction of sp³-hybridized carbons (Fsp3) is 0.550. The van der Waals surface area contributed by atoms with Gasteiger partial charge in [-0.1, -0.05) is 11.6 Å². The third-order valence-electron chi connectivity index (χ3n) is 7.18. The number of fused-ring (bicyclic) bond motifs is 3. The lowest BCUT2D eigenvalue weighted by atomic mass is 9.53. The number of hydrogen-bond acceptors (Lipinski definition) is 5. The standard InChI is InChI=1S/C20H22N2O3/c1-3-12-11-22-9-8-19-15-10-13(23)4-5-16(15)21-20(19,22)7-6-14(12)17(19)18(24)25-2/h3-5,10,14,17H,6-9,11H2,1-2H3. The Balaban J connectivity index is 1.82. The van der Waals surface area contributed by atoms with Gasteiger partial charge in [-0.2, -0.15) is 0 Å². The molecule has 130 valence electrons. The van der Waals surface area contributed by atoms with Crippen molar-refractivity contribution in [3.05, 3.63) is 35.5 Å². The SMILES string of the molecule is CC=C1CN2CCC34C5=CC(=O)C=CC5=NC23CCC1C4C(=O)OC. The van der Waals surface area contributed by atoms with Gasteiger partial charge in [0, 0.05) is 13.1 Å². The van der Waals surface area contributed by atoms with E-state index in [1.807, 2.05) is 6.08 Å². The van der Waals surface area contributed by atoms with Crippen LogP contribution in [0.15, 0.2) is 40.4 Å². The highest BCUT2D eigenvalue weighted by atomic mass is 16.5. The van der Waals surface area contributed by atoms with E-state index in [0.717, 1.165) is 43.6 Å². The highest BCUT2D eigenvalue weighted by Crippen LogP contribution is 2.69. The van der Waals surface area contributed by atoms with Gasteiger partial charge in [-0.25, -0.2) is 0 Å². The molecule has 5 unspecified atom stereocenters. The zero-order valence-corrected chi connectivity index (χ0v) is 14.6. The third-order valence-corrected chi connectivity index (χ3v) is 7.18. The van der Waals surface area contributed by atoms with Crippen molar-refractivity contribution in [2.45, 2.75) is 31.8 Å². The van der Waals surface area contributed by atoms with E-state index < -0.39 is 11.1 Å². The van der Waals surface area contributed by atoms with Crippen LogP contribution in [-0.2, 0) is 14.3 Å². The zero-order chi connectivity index (χ0) is 17.4. The monoisotopic (exact) mass is 338 g/mol. The van der Waals surface area contributed by atoms with Crippen LogP contribution in [0.1, 0.15) is 26.2 Å². The largest absolute Gasteiger partial charge is 0.469 e. The molecule has 6 aliphatic rings. The van der Waals surface area contributed by atoms with Crippen LogP contribution >= 0.6 is 0 Å². The van der Waals surface area contributed by atoms with Crippen molar-refractivity contribution < 1.29 is 14.3 Å². The van der Waals surface area contributed by atoms with Crippen LogP contribution in [-0.4, -0.2) is 48.2 Å². The van der Waals surface area contributed by atoms with Gasteiger partial charge in [0.25, 0.3) is 0 Å². The molecule has 5 heteroatoms. The summed E-state index contributed by atoms with van der Waals surface area (Å²) in [6.45, 7) is 3.82. The molecule has 3 saturated heterocycles. The first-order valence-corrected chi connectivity index (χ1v) is 9.10. The molecule has 0 amide bonds. The molecule has 2 aliphatic carbocycles. The molecular formula is C20H22N2O3. The first kappa shape index (κ1) is 15.3. The highest BCUT2D eigenvalue weighted by molar-refractivity contribution is 6.22. The maximum atomic E-state index is 13.0. The van der Waals surface area contributed by atoms with E-state index in [4.69, 9.17) is 9.73 Å². The summed E-state index contributed by atoms with van der Waals surface area (Å²) in [5.41, 5.74) is 2.35. The summed E-state index contributed by atoms with van der Waals surface area (Å²) in [5.74, 6) is -0.255. The molecular weight excluding hydrogens is 316 g/mol. The molecule has 4 bridgehead atoms. The van der Waals surface area contributed by atoms with Gasteiger partial charge in [0.1, 0.15) is 5.66 Å². The molecule has 4 fully saturated rings. The van der Waals surface area contributed by atoms with E-state index in [-0.39, 0.29) is 23.6 Å². The Hall–Kier alpha value is -2.01. The van der Waals surface area contributed by atoms with Gasteiger partial charge in [-0.05, 0) is 55.9 Å². The van der Waals surface area contributed by atoms with Gasteiger partial charge >= 0.3 is 5.97 Å². The number of ether oxygens (including phenoxy) is 1. The second-order valence-electron chi connectivity index (χ2n) is 7.76. The van der Waals surface area contributed by atoms with Crippen LogP contribution in [0.25, 0.3) is 0 Å². The van der Waals surface area contributed by atoms with Crippen molar-refractivity contribution in [3.8, 4) is 0 Å². The van der Waals surface area contributed by atoms with E-state index >= 15 is 0 Å². The van der Waals surface area contributed by atoms with E-state index in [1.165, 1.54) is 12.7 Å². The first-order valence-electron chi connectivity index (χ1n) is 9.10. The van der Waals surface area contributed by atoms with Gasteiger partial charge in [-0.15, -0.1) is 0 Å². The minimum absolute atomic E-state index is 0.00572. The lowest BCUT2D eigenvalue weighted by Gasteiger charge is -2.50. The minimum Gasteiger partial charge on any atom is -0.469 e. The molecule has 5 nitrogen and oxygen atoms in total. The molecule has 0 aromatic rings. The van der Waals surface area contributed by atoms with Crippen molar-refractivity contribution in [2.24, 2.45) is 22.2 Å². The Morgan fingerprint density at radius 1 is 1.40 bits per heavy atom. The fourth-order valence-corrected chi connectivity index (χ4v) is 6.29. The molecule has 0 radical (unpaired) electrons. The fourth-order valence-electron chi connectivity index (χ4n) is 6.29. The molecule has 1 spiro atoms. The lowest BCUT2D eigenvalue weighted by molar-refractivity contribution is -0.156. The maximum Gasteiger partial charge on any atom is 0.310 e. The van der Waals surface area contributed by atoms with Gasteiger partial charge in [0.05, 0.1) is 24.2 Å². The average molecular weight is 338 g/mol. The molecule has 0 aromatic carbocycles. The van der Waals surface area contributed by atoms with Crippen LogP contribution in [0.2, 0.25) is 0 Å². The molecule has 0 N–H and O–H groups in total. The van der Waals surface area contributed by atoms with E-state index in [0.29, 0.717) is 0 Å². The highest BCUT2D eigenvalue weighted by Gasteiger charge is 2.74. The predicted molar refractivity (Wildman–Crippen MR) is 93.0 cm³/mol. The number of esters is 1. The summed E-state index contributed by atoms with van der Waals surface area (Å²) in [4.78, 5) is 32.8. The minimum atomic E-state index is -0.427. The quantitative estimate of drug-likeness (QED) is 0.417. The number of allylic oxidation sites excluding steroid dienone is 4. The summed E-state index contributed by atoms with van der Waals surface area (Å²) in [6, 6.07) is 0. The maximum absolute atomic E-state index is 13.0. The number of methoxy groups -OCH3 is 1. The van der Waals surface area contributed by atoms with Crippen molar-refractivity contribution in [2.75, 3.05) is 20.2 Å². The Labute approximate surface area is 147 Å². The Kier molecular flexibility index (Phi) is 2.92. The summed E-state index contributed by atoms with van der Waals surface area (Å²) >= 11 is 0. The summed E-state index contributed by atoms with van der Waals surface area (Å²) < 4.78 is 5.28. The van der Waals surface area contributed by atoms with Crippen molar-refractivity contribution >= 4 is 17.5 Å². The topological polar surface area (TPSA) is 59.0 Å².